The predicted molar refractivity (Wildman–Crippen MR) is 175 cm³/mol. The number of benzene rings is 3. The molecule has 0 aliphatic heterocycles. The first-order valence-corrected chi connectivity index (χ1v) is 16.1. The molecule has 0 aliphatic rings. The van der Waals surface area contributed by atoms with Gasteiger partial charge >= 0.3 is 0 Å². The lowest BCUT2D eigenvalue weighted by Crippen LogP contribution is -2.28. The number of carbonyl (C=O) groups excluding carboxylic acids is 2. The van der Waals surface area contributed by atoms with Crippen molar-refractivity contribution < 1.29 is 22.6 Å². The van der Waals surface area contributed by atoms with E-state index in [2.05, 4.69) is 58.3 Å². The minimum atomic E-state index is -4.17. The maximum absolute atomic E-state index is 13.8. The molecule has 7 nitrogen and oxygen atoms in total. The first kappa shape index (κ1) is 34.0. The summed E-state index contributed by atoms with van der Waals surface area (Å²) >= 11 is 6.58. The Bertz CT molecular complexity index is 1570. The van der Waals surface area contributed by atoms with Gasteiger partial charge in [-0.1, -0.05) is 108 Å². The SMILES string of the molecule is CC(C)(C)/C=C/c1ccc(NC(=O)C(Cc2ccc(C(=O)NCCS(=O)(=O)O)cc2)c2ccc(C(C)(C)C)cc2)c(Cl)c1. The molecule has 0 bridgehead atoms. The van der Waals surface area contributed by atoms with E-state index < -0.39 is 27.7 Å². The predicted octanol–water partition coefficient (Wildman–Crippen LogP) is 7.28. The van der Waals surface area contributed by atoms with Gasteiger partial charge in [0.1, 0.15) is 0 Å². The topological polar surface area (TPSA) is 113 Å². The summed E-state index contributed by atoms with van der Waals surface area (Å²) < 4.78 is 30.7. The van der Waals surface area contributed by atoms with Crippen molar-refractivity contribution in [3.8, 4) is 0 Å². The molecule has 1 unspecified atom stereocenters. The van der Waals surface area contributed by atoms with Gasteiger partial charge in [-0.2, -0.15) is 8.42 Å². The Hall–Kier alpha value is -3.46. The molecule has 0 aliphatic carbocycles. The highest BCUT2D eigenvalue weighted by atomic mass is 35.5. The van der Waals surface area contributed by atoms with E-state index in [1.54, 1.807) is 30.3 Å². The molecule has 0 spiro atoms. The van der Waals surface area contributed by atoms with E-state index in [4.69, 9.17) is 16.2 Å². The standard InChI is InChI=1S/C34H41ClN2O5S/c1-33(2,3)18-17-24-9-16-30(29(35)22-24)37-32(39)28(25-12-14-27(15-13-25)34(4,5)6)21-23-7-10-26(11-8-23)31(38)36-19-20-43(40,41)42/h7-18,22,28H,19-21H2,1-6H3,(H,36,38)(H,37,39)(H,40,41,42)/b18-17+. The van der Waals surface area contributed by atoms with Crippen LogP contribution in [0.15, 0.2) is 72.8 Å². The lowest BCUT2D eigenvalue weighted by atomic mass is 9.84. The number of rotatable bonds is 10. The number of allylic oxidation sites excluding steroid dienone is 1. The molecule has 9 heteroatoms. The van der Waals surface area contributed by atoms with Gasteiger partial charge in [-0.3, -0.25) is 14.1 Å². The van der Waals surface area contributed by atoms with E-state index in [0.29, 0.717) is 22.7 Å². The molecule has 3 aromatic carbocycles. The molecule has 0 heterocycles. The van der Waals surface area contributed by atoms with Crippen LogP contribution in [0, 0.1) is 5.41 Å². The monoisotopic (exact) mass is 624 g/mol. The molecule has 0 saturated heterocycles. The number of hydrogen-bond acceptors (Lipinski definition) is 4. The smallest absolute Gasteiger partial charge is 0.266 e. The van der Waals surface area contributed by atoms with Crippen molar-refractivity contribution in [1.29, 1.82) is 0 Å². The average molecular weight is 625 g/mol. The van der Waals surface area contributed by atoms with Gasteiger partial charge in [0.15, 0.2) is 0 Å². The van der Waals surface area contributed by atoms with Crippen molar-refractivity contribution in [3.05, 3.63) is 106 Å². The van der Waals surface area contributed by atoms with Crippen LogP contribution in [0.1, 0.15) is 80.1 Å². The van der Waals surface area contributed by atoms with Crippen LogP contribution >= 0.6 is 11.6 Å². The maximum atomic E-state index is 13.8. The highest BCUT2D eigenvalue weighted by Crippen LogP contribution is 2.30. The Morgan fingerprint density at radius 3 is 2.09 bits per heavy atom. The largest absolute Gasteiger partial charge is 0.351 e. The number of hydrogen-bond donors (Lipinski definition) is 3. The summed E-state index contributed by atoms with van der Waals surface area (Å²) in [6.45, 7) is 12.5. The molecule has 2 amide bonds. The third kappa shape index (κ3) is 11.0. The molecular weight excluding hydrogens is 584 g/mol. The summed E-state index contributed by atoms with van der Waals surface area (Å²) in [7, 11) is -4.17. The number of halogens is 1. The Balaban J connectivity index is 1.83. The number of nitrogens with one attached hydrogen (secondary N) is 2. The zero-order valence-corrected chi connectivity index (χ0v) is 27.1. The van der Waals surface area contributed by atoms with Gasteiger partial charge in [0.2, 0.25) is 5.91 Å². The molecule has 0 radical (unpaired) electrons. The third-order valence-electron chi connectivity index (χ3n) is 6.82. The van der Waals surface area contributed by atoms with Gasteiger partial charge in [-0.05, 0) is 63.8 Å². The second kappa shape index (κ2) is 13.9. The molecule has 0 fully saturated rings. The van der Waals surface area contributed by atoms with Crippen LogP contribution in [0.2, 0.25) is 5.02 Å². The van der Waals surface area contributed by atoms with Gasteiger partial charge in [0.05, 0.1) is 22.4 Å². The molecule has 230 valence electrons. The number of amides is 2. The van der Waals surface area contributed by atoms with Crippen LogP contribution in [0.25, 0.3) is 6.08 Å². The molecule has 1 atom stereocenters. The summed E-state index contributed by atoms with van der Waals surface area (Å²) in [5.41, 5.74) is 4.62. The zero-order valence-electron chi connectivity index (χ0n) is 25.6. The van der Waals surface area contributed by atoms with E-state index in [9.17, 15) is 18.0 Å². The Labute approximate surface area is 260 Å². The van der Waals surface area contributed by atoms with Gasteiger partial charge in [-0.15, -0.1) is 0 Å². The first-order valence-electron chi connectivity index (χ1n) is 14.1. The Morgan fingerprint density at radius 2 is 1.56 bits per heavy atom. The zero-order chi connectivity index (χ0) is 32.0. The van der Waals surface area contributed by atoms with E-state index in [0.717, 1.165) is 22.3 Å². The number of anilines is 1. The molecule has 3 aromatic rings. The number of carbonyl (C=O) groups is 2. The van der Waals surface area contributed by atoms with Gasteiger partial charge < -0.3 is 10.6 Å². The van der Waals surface area contributed by atoms with Crippen molar-refractivity contribution in [2.75, 3.05) is 17.6 Å². The van der Waals surface area contributed by atoms with Crippen molar-refractivity contribution in [1.82, 2.24) is 5.32 Å². The fourth-order valence-corrected chi connectivity index (χ4v) is 4.90. The fraction of sp³-hybridized carbons (Fsp3) is 0.353. The maximum Gasteiger partial charge on any atom is 0.266 e. The van der Waals surface area contributed by atoms with Crippen molar-refractivity contribution in [3.63, 3.8) is 0 Å². The Morgan fingerprint density at radius 1 is 0.930 bits per heavy atom. The van der Waals surface area contributed by atoms with Crippen LogP contribution in [-0.4, -0.2) is 37.1 Å². The normalized spacial score (nSPS) is 13.1. The van der Waals surface area contributed by atoms with E-state index in [-0.39, 0.29) is 23.3 Å². The molecule has 0 aromatic heterocycles. The second-order valence-electron chi connectivity index (χ2n) is 12.8. The molecule has 3 rings (SSSR count). The lowest BCUT2D eigenvalue weighted by molar-refractivity contribution is -0.117. The van der Waals surface area contributed by atoms with Crippen molar-refractivity contribution >= 4 is 45.3 Å². The highest BCUT2D eigenvalue weighted by molar-refractivity contribution is 7.85. The molecular formula is C34H41ClN2O5S. The van der Waals surface area contributed by atoms with Crippen LogP contribution in [0.4, 0.5) is 5.69 Å². The Kier molecular flexibility index (Phi) is 11.0. The quantitative estimate of drug-likeness (QED) is 0.205. The summed E-state index contributed by atoms with van der Waals surface area (Å²) in [6, 6.07) is 20.4. The van der Waals surface area contributed by atoms with Crippen molar-refractivity contribution in [2.45, 2.75) is 59.3 Å². The third-order valence-corrected chi connectivity index (χ3v) is 7.86. The van der Waals surface area contributed by atoms with Crippen LogP contribution in [-0.2, 0) is 26.7 Å². The average Bonchev–Trinajstić information content (AvgIpc) is 2.90. The van der Waals surface area contributed by atoms with Crippen LogP contribution in [0.5, 0.6) is 0 Å². The summed E-state index contributed by atoms with van der Waals surface area (Å²) in [5, 5.41) is 5.92. The highest BCUT2D eigenvalue weighted by Gasteiger charge is 2.24. The van der Waals surface area contributed by atoms with Crippen molar-refractivity contribution in [2.24, 2.45) is 5.41 Å². The molecule has 3 N–H and O–H groups in total. The van der Waals surface area contributed by atoms with Gasteiger partial charge in [0.25, 0.3) is 16.0 Å². The summed E-state index contributed by atoms with van der Waals surface area (Å²) in [6.07, 6.45) is 4.48. The van der Waals surface area contributed by atoms with Crippen LogP contribution in [0.3, 0.4) is 0 Å². The van der Waals surface area contributed by atoms with Gasteiger partial charge in [0, 0.05) is 12.1 Å². The van der Waals surface area contributed by atoms with E-state index >= 15 is 0 Å². The minimum Gasteiger partial charge on any atom is -0.351 e. The van der Waals surface area contributed by atoms with E-state index in [1.807, 2.05) is 42.5 Å². The minimum absolute atomic E-state index is 0.0280. The lowest BCUT2D eigenvalue weighted by Gasteiger charge is -2.22. The van der Waals surface area contributed by atoms with E-state index in [1.165, 1.54) is 0 Å². The first-order chi connectivity index (χ1) is 19.9. The fourth-order valence-electron chi connectivity index (χ4n) is 4.30. The molecule has 0 saturated carbocycles. The summed E-state index contributed by atoms with van der Waals surface area (Å²) in [5.74, 6) is -1.78. The van der Waals surface area contributed by atoms with Crippen LogP contribution < -0.4 is 10.6 Å². The summed E-state index contributed by atoms with van der Waals surface area (Å²) in [4.78, 5) is 26.1. The second-order valence-corrected chi connectivity index (χ2v) is 14.8. The van der Waals surface area contributed by atoms with Gasteiger partial charge in [-0.25, -0.2) is 0 Å². The molecule has 43 heavy (non-hydrogen) atoms.